The molecule has 0 aliphatic heterocycles. The second-order valence-electron chi connectivity index (χ2n) is 4.75. The summed E-state index contributed by atoms with van der Waals surface area (Å²) in [4.78, 5) is 10.7. The predicted molar refractivity (Wildman–Crippen MR) is 68.3 cm³/mol. The number of anilines is 1. The van der Waals surface area contributed by atoms with Crippen LogP contribution in [0.15, 0.2) is 6.07 Å². The summed E-state index contributed by atoms with van der Waals surface area (Å²) in [6.07, 6.45) is 1.31. The molecule has 0 spiro atoms. The summed E-state index contributed by atoms with van der Waals surface area (Å²) < 4.78 is 5.03. The summed E-state index contributed by atoms with van der Waals surface area (Å²) in [5.41, 5.74) is 0. The fraction of sp³-hybridized carbons (Fsp3) is 0.667. The number of halogens is 1. The quantitative estimate of drug-likeness (QED) is 0.758. The third-order valence-electron chi connectivity index (χ3n) is 3.18. The van der Waals surface area contributed by atoms with Crippen LogP contribution in [0.25, 0.3) is 0 Å². The predicted octanol–water partition coefficient (Wildman–Crippen LogP) is 2.37. The van der Waals surface area contributed by atoms with Crippen LogP contribution >= 0.6 is 11.6 Å². The van der Waals surface area contributed by atoms with Gasteiger partial charge in [-0.15, -0.1) is 0 Å². The summed E-state index contributed by atoms with van der Waals surface area (Å²) >= 11 is 5.98. The molecule has 0 bridgehead atoms. The van der Waals surface area contributed by atoms with E-state index in [4.69, 9.17) is 16.3 Å². The smallest absolute Gasteiger partial charge is 0.158 e. The van der Waals surface area contributed by atoms with Gasteiger partial charge in [-0.3, -0.25) is 0 Å². The normalized spacial score (nSPS) is 22.6. The van der Waals surface area contributed by atoms with Crippen LogP contribution < -0.4 is 4.90 Å². The molecule has 1 aromatic heterocycles. The van der Waals surface area contributed by atoms with E-state index in [9.17, 15) is 0 Å². The van der Waals surface area contributed by atoms with Gasteiger partial charge in [-0.05, 0) is 18.3 Å². The first kappa shape index (κ1) is 12.6. The fourth-order valence-electron chi connectivity index (χ4n) is 1.94. The zero-order valence-corrected chi connectivity index (χ0v) is 11.2. The lowest BCUT2D eigenvalue weighted by Crippen LogP contribution is -2.22. The minimum atomic E-state index is 0.390. The van der Waals surface area contributed by atoms with Gasteiger partial charge >= 0.3 is 0 Å². The molecule has 1 heterocycles. The van der Waals surface area contributed by atoms with E-state index >= 15 is 0 Å². The van der Waals surface area contributed by atoms with Gasteiger partial charge in [-0.2, -0.15) is 0 Å². The van der Waals surface area contributed by atoms with E-state index in [-0.39, 0.29) is 0 Å². The Morgan fingerprint density at radius 3 is 2.82 bits per heavy atom. The van der Waals surface area contributed by atoms with Gasteiger partial charge in [-0.1, -0.05) is 18.5 Å². The van der Waals surface area contributed by atoms with Crippen LogP contribution in [0.1, 0.15) is 19.2 Å². The number of ether oxygens (including phenoxy) is 1. The third kappa shape index (κ3) is 3.30. The first-order chi connectivity index (χ1) is 8.10. The Balaban J connectivity index is 2.07. The molecule has 0 saturated heterocycles. The Kier molecular flexibility index (Phi) is 3.84. The Morgan fingerprint density at radius 1 is 1.53 bits per heavy atom. The monoisotopic (exact) mass is 255 g/mol. The lowest BCUT2D eigenvalue weighted by molar-refractivity contribution is 0.178. The van der Waals surface area contributed by atoms with E-state index in [1.165, 1.54) is 6.42 Å². The molecular formula is C12H18ClN3O. The molecule has 2 atom stereocenters. The lowest BCUT2D eigenvalue weighted by Gasteiger charge is -2.18. The molecule has 2 unspecified atom stereocenters. The topological polar surface area (TPSA) is 38.2 Å². The van der Waals surface area contributed by atoms with Crippen LogP contribution in [0, 0.1) is 11.8 Å². The molecule has 5 heteroatoms. The zero-order chi connectivity index (χ0) is 12.4. The molecular weight excluding hydrogens is 238 g/mol. The van der Waals surface area contributed by atoms with Gasteiger partial charge in [-0.25, -0.2) is 9.97 Å². The largest absolute Gasteiger partial charge is 0.377 e. The van der Waals surface area contributed by atoms with Gasteiger partial charge in [0.1, 0.15) is 17.6 Å². The Bertz CT molecular complexity index is 399. The number of rotatable bonds is 5. The van der Waals surface area contributed by atoms with Gasteiger partial charge in [0.05, 0.1) is 0 Å². The highest BCUT2D eigenvalue weighted by molar-refractivity contribution is 6.29. The summed E-state index contributed by atoms with van der Waals surface area (Å²) in [6, 6.07) is 1.80. The van der Waals surface area contributed by atoms with Crippen molar-refractivity contribution in [1.82, 2.24) is 9.97 Å². The van der Waals surface area contributed by atoms with E-state index in [2.05, 4.69) is 21.8 Å². The van der Waals surface area contributed by atoms with E-state index in [1.54, 1.807) is 13.2 Å². The first-order valence-corrected chi connectivity index (χ1v) is 6.21. The van der Waals surface area contributed by atoms with Crippen LogP contribution in [0.2, 0.25) is 5.15 Å². The maximum absolute atomic E-state index is 5.98. The van der Waals surface area contributed by atoms with Crippen LogP contribution in [0.3, 0.4) is 0 Å². The van der Waals surface area contributed by atoms with E-state index in [0.29, 0.717) is 17.6 Å². The fourth-order valence-corrected chi connectivity index (χ4v) is 2.13. The standard InChI is InChI=1S/C12H18ClN3O/c1-8-4-9(8)6-16(2)12-5-10(13)14-11(15-12)7-17-3/h5,8-9H,4,6-7H2,1-3H3. The van der Waals surface area contributed by atoms with Gasteiger partial charge in [0, 0.05) is 26.8 Å². The third-order valence-corrected chi connectivity index (χ3v) is 3.37. The SMILES string of the molecule is COCc1nc(Cl)cc(N(C)CC2CC2C)n1. The average molecular weight is 256 g/mol. The van der Waals surface area contributed by atoms with Crippen LogP contribution in [0.5, 0.6) is 0 Å². The number of aromatic nitrogens is 2. The molecule has 1 fully saturated rings. The number of nitrogens with zero attached hydrogens (tertiary/aromatic N) is 3. The molecule has 2 rings (SSSR count). The molecule has 0 N–H and O–H groups in total. The summed E-state index contributed by atoms with van der Waals surface area (Å²) in [5.74, 6) is 3.13. The first-order valence-electron chi connectivity index (χ1n) is 5.83. The van der Waals surface area contributed by atoms with Gasteiger partial charge < -0.3 is 9.64 Å². The van der Waals surface area contributed by atoms with Crippen molar-refractivity contribution in [2.75, 3.05) is 25.6 Å². The molecule has 1 saturated carbocycles. The van der Waals surface area contributed by atoms with Crippen molar-refractivity contribution in [2.24, 2.45) is 11.8 Å². The van der Waals surface area contributed by atoms with Gasteiger partial charge in [0.2, 0.25) is 0 Å². The summed E-state index contributed by atoms with van der Waals surface area (Å²) in [5, 5.41) is 0.470. The molecule has 1 aliphatic rings. The van der Waals surface area contributed by atoms with Gasteiger partial charge in [0.15, 0.2) is 5.82 Å². The second-order valence-corrected chi connectivity index (χ2v) is 5.14. The summed E-state index contributed by atoms with van der Waals surface area (Å²) in [7, 11) is 3.67. The number of hydrogen-bond donors (Lipinski definition) is 0. The highest BCUT2D eigenvalue weighted by atomic mass is 35.5. The van der Waals surface area contributed by atoms with E-state index in [0.717, 1.165) is 24.2 Å². The maximum atomic E-state index is 5.98. The van der Waals surface area contributed by atoms with Crippen molar-refractivity contribution in [3.8, 4) is 0 Å². The van der Waals surface area contributed by atoms with Crippen molar-refractivity contribution in [2.45, 2.75) is 20.0 Å². The summed E-state index contributed by atoms with van der Waals surface area (Å²) in [6.45, 7) is 3.70. The Hall–Kier alpha value is -0.870. The highest BCUT2D eigenvalue weighted by Gasteiger charge is 2.33. The molecule has 1 aromatic rings. The molecule has 1 aliphatic carbocycles. The second kappa shape index (κ2) is 5.19. The van der Waals surface area contributed by atoms with Crippen molar-refractivity contribution < 1.29 is 4.74 Å². The minimum absolute atomic E-state index is 0.390. The maximum Gasteiger partial charge on any atom is 0.158 e. The number of methoxy groups -OCH3 is 1. The van der Waals surface area contributed by atoms with E-state index in [1.807, 2.05) is 7.05 Å². The molecule has 94 valence electrons. The van der Waals surface area contributed by atoms with Crippen molar-refractivity contribution in [3.05, 3.63) is 17.0 Å². The van der Waals surface area contributed by atoms with Crippen molar-refractivity contribution >= 4 is 17.4 Å². The average Bonchev–Trinajstić information content (AvgIpc) is 2.93. The minimum Gasteiger partial charge on any atom is -0.377 e. The highest BCUT2D eigenvalue weighted by Crippen LogP contribution is 2.38. The Morgan fingerprint density at radius 2 is 2.24 bits per heavy atom. The molecule has 0 aromatic carbocycles. The van der Waals surface area contributed by atoms with Crippen molar-refractivity contribution in [3.63, 3.8) is 0 Å². The molecule has 17 heavy (non-hydrogen) atoms. The molecule has 4 nitrogen and oxygen atoms in total. The molecule has 0 radical (unpaired) electrons. The van der Waals surface area contributed by atoms with Crippen LogP contribution in [-0.4, -0.2) is 30.7 Å². The number of hydrogen-bond acceptors (Lipinski definition) is 4. The molecule has 0 amide bonds. The lowest BCUT2D eigenvalue weighted by atomic mass is 10.3. The van der Waals surface area contributed by atoms with Crippen molar-refractivity contribution in [1.29, 1.82) is 0 Å². The van der Waals surface area contributed by atoms with Gasteiger partial charge in [0.25, 0.3) is 0 Å². The zero-order valence-electron chi connectivity index (χ0n) is 10.5. The Labute approximate surface area is 107 Å². The van der Waals surface area contributed by atoms with E-state index < -0.39 is 0 Å². The van der Waals surface area contributed by atoms with Crippen LogP contribution in [0.4, 0.5) is 5.82 Å². The van der Waals surface area contributed by atoms with Crippen LogP contribution in [-0.2, 0) is 11.3 Å².